The highest BCUT2D eigenvalue weighted by molar-refractivity contribution is 7.17. The fraction of sp³-hybridized carbons (Fsp3) is 0.250. The SMILES string of the molecule is N[C@@H](Cc1csc2c(C(F)(F)F)cccc12)C(=O)O. The Hall–Kier alpha value is -1.60. The third-order valence-corrected chi connectivity index (χ3v) is 3.82. The van der Waals surface area contributed by atoms with Gasteiger partial charge in [0, 0.05) is 4.70 Å². The zero-order valence-electron chi connectivity index (χ0n) is 9.57. The number of halogens is 3. The van der Waals surface area contributed by atoms with Gasteiger partial charge in [0.15, 0.2) is 0 Å². The molecular formula is C12H10F3NO2S. The van der Waals surface area contributed by atoms with E-state index in [1.165, 1.54) is 11.4 Å². The second-order valence-electron chi connectivity index (χ2n) is 4.09. The Morgan fingerprint density at radius 3 is 2.68 bits per heavy atom. The van der Waals surface area contributed by atoms with Crippen LogP contribution in [-0.4, -0.2) is 17.1 Å². The second kappa shape index (κ2) is 4.82. The van der Waals surface area contributed by atoms with Crippen LogP contribution in [0.3, 0.4) is 0 Å². The predicted octanol–water partition coefficient (Wildman–Crippen LogP) is 2.87. The minimum absolute atomic E-state index is 0.0106. The number of aliphatic carboxylic acids is 1. The van der Waals surface area contributed by atoms with E-state index in [0.717, 1.165) is 17.4 Å². The number of thiophene rings is 1. The largest absolute Gasteiger partial charge is 0.480 e. The molecule has 0 amide bonds. The highest BCUT2D eigenvalue weighted by atomic mass is 32.1. The Bertz CT molecular complexity index is 621. The van der Waals surface area contributed by atoms with E-state index in [-0.39, 0.29) is 11.1 Å². The number of hydrogen-bond acceptors (Lipinski definition) is 3. The lowest BCUT2D eigenvalue weighted by molar-refractivity contribution is -0.138. The molecule has 0 aliphatic rings. The van der Waals surface area contributed by atoms with E-state index in [1.807, 2.05) is 0 Å². The summed E-state index contributed by atoms with van der Waals surface area (Å²) in [4.78, 5) is 10.7. The summed E-state index contributed by atoms with van der Waals surface area (Å²) in [6.45, 7) is 0. The van der Waals surface area contributed by atoms with Gasteiger partial charge in [0.05, 0.1) is 5.56 Å². The molecule has 7 heteroatoms. The quantitative estimate of drug-likeness (QED) is 0.913. The zero-order valence-corrected chi connectivity index (χ0v) is 10.4. The Morgan fingerprint density at radius 2 is 2.11 bits per heavy atom. The smallest absolute Gasteiger partial charge is 0.417 e. The third-order valence-electron chi connectivity index (χ3n) is 2.74. The molecule has 1 atom stereocenters. The minimum Gasteiger partial charge on any atom is -0.480 e. The molecule has 0 saturated carbocycles. The van der Waals surface area contributed by atoms with Crippen LogP contribution in [0.2, 0.25) is 0 Å². The number of carboxylic acid groups (broad SMARTS) is 1. The van der Waals surface area contributed by atoms with Crippen molar-refractivity contribution >= 4 is 27.4 Å². The first-order valence-electron chi connectivity index (χ1n) is 5.35. The predicted molar refractivity (Wildman–Crippen MR) is 66.1 cm³/mol. The van der Waals surface area contributed by atoms with Crippen molar-refractivity contribution in [3.63, 3.8) is 0 Å². The lowest BCUT2D eigenvalue weighted by Gasteiger charge is -2.08. The highest BCUT2D eigenvalue weighted by Crippen LogP contribution is 2.38. The van der Waals surface area contributed by atoms with E-state index in [2.05, 4.69) is 0 Å². The van der Waals surface area contributed by atoms with E-state index >= 15 is 0 Å². The molecule has 0 spiro atoms. The van der Waals surface area contributed by atoms with Crippen molar-refractivity contribution in [3.8, 4) is 0 Å². The molecule has 0 fully saturated rings. The molecule has 0 aliphatic carbocycles. The maximum Gasteiger partial charge on any atom is 0.417 e. The second-order valence-corrected chi connectivity index (χ2v) is 4.97. The highest BCUT2D eigenvalue weighted by Gasteiger charge is 2.33. The van der Waals surface area contributed by atoms with E-state index in [0.29, 0.717) is 10.9 Å². The number of hydrogen-bond donors (Lipinski definition) is 2. The molecule has 0 radical (unpaired) electrons. The van der Waals surface area contributed by atoms with E-state index in [1.54, 1.807) is 6.07 Å². The van der Waals surface area contributed by atoms with Crippen molar-refractivity contribution in [1.29, 1.82) is 0 Å². The van der Waals surface area contributed by atoms with Crippen molar-refractivity contribution < 1.29 is 23.1 Å². The molecule has 3 N–H and O–H groups in total. The van der Waals surface area contributed by atoms with Crippen LogP contribution in [0.5, 0.6) is 0 Å². The first kappa shape index (κ1) is 13.8. The van der Waals surface area contributed by atoms with Gasteiger partial charge in [-0.25, -0.2) is 0 Å². The van der Waals surface area contributed by atoms with Crippen LogP contribution in [0.25, 0.3) is 10.1 Å². The number of benzene rings is 1. The van der Waals surface area contributed by atoms with Crippen LogP contribution >= 0.6 is 11.3 Å². The van der Waals surface area contributed by atoms with Gasteiger partial charge in [-0.1, -0.05) is 12.1 Å². The van der Waals surface area contributed by atoms with Gasteiger partial charge in [-0.2, -0.15) is 13.2 Å². The van der Waals surface area contributed by atoms with Gasteiger partial charge >= 0.3 is 12.1 Å². The van der Waals surface area contributed by atoms with E-state index in [9.17, 15) is 18.0 Å². The summed E-state index contributed by atoms with van der Waals surface area (Å²) in [5, 5.41) is 10.7. The van der Waals surface area contributed by atoms with Gasteiger partial charge in [0.2, 0.25) is 0 Å². The summed E-state index contributed by atoms with van der Waals surface area (Å²) in [5.74, 6) is -1.17. The van der Waals surface area contributed by atoms with Crippen molar-refractivity contribution in [2.45, 2.75) is 18.6 Å². The topological polar surface area (TPSA) is 63.3 Å². The van der Waals surface area contributed by atoms with Gasteiger partial charge in [0.25, 0.3) is 0 Å². The Balaban J connectivity index is 2.47. The molecule has 0 bridgehead atoms. The number of alkyl halides is 3. The summed E-state index contributed by atoms with van der Waals surface area (Å²) >= 11 is 0.953. The van der Waals surface area contributed by atoms with Gasteiger partial charge < -0.3 is 10.8 Å². The first-order chi connectivity index (χ1) is 8.80. The summed E-state index contributed by atoms with van der Waals surface area (Å²) in [6, 6.07) is 2.76. The molecule has 0 aliphatic heterocycles. The van der Waals surface area contributed by atoms with Gasteiger partial charge in [-0.3, -0.25) is 4.79 Å². The monoisotopic (exact) mass is 289 g/mol. The number of carboxylic acids is 1. The fourth-order valence-electron chi connectivity index (χ4n) is 1.82. The summed E-state index contributed by atoms with van der Waals surface area (Å²) in [5.41, 5.74) is 5.23. The molecule has 2 rings (SSSR count). The fourth-order valence-corrected chi connectivity index (χ4v) is 2.94. The average Bonchev–Trinajstić information content (AvgIpc) is 2.71. The Labute approximate surface area is 110 Å². The van der Waals surface area contributed by atoms with Crippen molar-refractivity contribution in [3.05, 3.63) is 34.7 Å². The molecular weight excluding hydrogens is 279 g/mol. The molecule has 1 aromatic carbocycles. The van der Waals surface area contributed by atoms with E-state index in [4.69, 9.17) is 10.8 Å². The normalized spacial score (nSPS) is 13.7. The summed E-state index contributed by atoms with van der Waals surface area (Å²) in [6.07, 6.45) is -4.41. The maximum absolute atomic E-state index is 12.8. The maximum atomic E-state index is 12.8. The third kappa shape index (κ3) is 2.71. The van der Waals surface area contributed by atoms with Crippen molar-refractivity contribution in [2.24, 2.45) is 5.73 Å². The lowest BCUT2D eigenvalue weighted by atomic mass is 10.0. The van der Waals surface area contributed by atoms with Crippen LogP contribution in [0.15, 0.2) is 23.6 Å². The summed E-state index contributed by atoms with van der Waals surface area (Å²) < 4.78 is 38.5. The molecule has 1 heterocycles. The molecule has 102 valence electrons. The van der Waals surface area contributed by atoms with Crippen molar-refractivity contribution in [2.75, 3.05) is 0 Å². The Morgan fingerprint density at radius 1 is 1.42 bits per heavy atom. The van der Waals surface area contributed by atoms with Crippen LogP contribution in [0.4, 0.5) is 13.2 Å². The minimum atomic E-state index is -4.42. The number of fused-ring (bicyclic) bond motifs is 1. The molecule has 2 aromatic rings. The molecule has 3 nitrogen and oxygen atoms in total. The summed E-state index contributed by atoms with van der Waals surface area (Å²) in [7, 11) is 0. The van der Waals surface area contributed by atoms with Gasteiger partial charge in [-0.05, 0) is 28.8 Å². The first-order valence-corrected chi connectivity index (χ1v) is 6.23. The molecule has 19 heavy (non-hydrogen) atoms. The van der Waals surface area contributed by atoms with Crippen LogP contribution < -0.4 is 5.73 Å². The average molecular weight is 289 g/mol. The van der Waals surface area contributed by atoms with Gasteiger partial charge in [0.1, 0.15) is 6.04 Å². The number of rotatable bonds is 3. The van der Waals surface area contributed by atoms with E-state index < -0.39 is 23.8 Å². The number of nitrogens with two attached hydrogens (primary N) is 1. The molecule has 0 saturated heterocycles. The van der Waals surface area contributed by atoms with Crippen LogP contribution in [-0.2, 0) is 17.4 Å². The zero-order chi connectivity index (χ0) is 14.2. The molecule has 0 unspecified atom stereocenters. The van der Waals surface area contributed by atoms with Crippen LogP contribution in [0, 0.1) is 0 Å². The Kier molecular flexibility index (Phi) is 3.51. The van der Waals surface area contributed by atoms with Crippen LogP contribution in [0.1, 0.15) is 11.1 Å². The molecule has 1 aromatic heterocycles. The number of carbonyl (C=O) groups is 1. The lowest BCUT2D eigenvalue weighted by Crippen LogP contribution is -2.32. The van der Waals surface area contributed by atoms with Crippen molar-refractivity contribution in [1.82, 2.24) is 0 Å². The standard InChI is InChI=1S/C12H10F3NO2S/c13-12(14,15)8-3-1-2-7-6(5-19-10(7)8)4-9(16)11(17)18/h1-3,5,9H,4,16H2,(H,17,18)/t9-/m0/s1. The van der Waals surface area contributed by atoms with Gasteiger partial charge in [-0.15, -0.1) is 11.3 Å².